The summed E-state index contributed by atoms with van der Waals surface area (Å²) in [5.41, 5.74) is 1.28. The number of hydrogen-bond donors (Lipinski definition) is 1. The third-order valence-electron chi connectivity index (χ3n) is 3.34. The van der Waals surface area contributed by atoms with E-state index >= 15 is 0 Å². The van der Waals surface area contributed by atoms with Gasteiger partial charge in [-0.1, -0.05) is 30.7 Å². The first-order chi connectivity index (χ1) is 9.78. The Bertz CT molecular complexity index is 495. The summed E-state index contributed by atoms with van der Waals surface area (Å²) in [4.78, 5) is 0. The third-order valence-corrected chi connectivity index (χ3v) is 3.58. The molecular formula is C17H22ClNO. The van der Waals surface area contributed by atoms with E-state index in [0.717, 1.165) is 43.1 Å². The van der Waals surface area contributed by atoms with Crippen LogP contribution in [0.4, 0.5) is 0 Å². The van der Waals surface area contributed by atoms with Crippen molar-refractivity contribution >= 4 is 11.6 Å². The highest BCUT2D eigenvalue weighted by atomic mass is 35.5. The molecule has 108 valence electrons. The maximum absolute atomic E-state index is 6.06. The molecule has 1 aromatic heterocycles. The SMILES string of the molecule is CCCNCC(Cc1cccc(Cl)c1)Cc1ccco1. The lowest BCUT2D eigenvalue weighted by atomic mass is 9.95. The summed E-state index contributed by atoms with van der Waals surface area (Å²) in [6, 6.07) is 12.1. The quantitative estimate of drug-likeness (QED) is 0.732. The van der Waals surface area contributed by atoms with Gasteiger partial charge in [0, 0.05) is 11.4 Å². The van der Waals surface area contributed by atoms with Crippen LogP contribution in [-0.2, 0) is 12.8 Å². The number of nitrogens with one attached hydrogen (secondary N) is 1. The van der Waals surface area contributed by atoms with Crippen molar-refractivity contribution in [3.63, 3.8) is 0 Å². The second kappa shape index (κ2) is 8.13. The molecule has 0 saturated heterocycles. The van der Waals surface area contributed by atoms with Crippen LogP contribution in [0.5, 0.6) is 0 Å². The minimum Gasteiger partial charge on any atom is -0.469 e. The molecule has 1 N–H and O–H groups in total. The summed E-state index contributed by atoms with van der Waals surface area (Å²) in [5.74, 6) is 1.57. The van der Waals surface area contributed by atoms with Crippen molar-refractivity contribution in [3.8, 4) is 0 Å². The first-order valence-electron chi connectivity index (χ1n) is 7.25. The van der Waals surface area contributed by atoms with Gasteiger partial charge in [0.25, 0.3) is 0 Å². The first-order valence-corrected chi connectivity index (χ1v) is 7.63. The molecule has 0 aliphatic carbocycles. The van der Waals surface area contributed by atoms with E-state index in [2.05, 4.69) is 24.4 Å². The Morgan fingerprint density at radius 2 is 2.10 bits per heavy atom. The fourth-order valence-corrected chi connectivity index (χ4v) is 2.62. The lowest BCUT2D eigenvalue weighted by Crippen LogP contribution is -2.26. The summed E-state index contributed by atoms with van der Waals surface area (Å²) >= 11 is 6.06. The molecule has 0 aliphatic rings. The molecular weight excluding hydrogens is 270 g/mol. The zero-order valence-electron chi connectivity index (χ0n) is 11.9. The Labute approximate surface area is 126 Å². The van der Waals surface area contributed by atoms with Gasteiger partial charge in [-0.05, 0) is 61.7 Å². The molecule has 0 saturated carbocycles. The molecule has 0 fully saturated rings. The normalized spacial score (nSPS) is 12.5. The van der Waals surface area contributed by atoms with Crippen LogP contribution in [0.3, 0.4) is 0 Å². The molecule has 2 nitrogen and oxygen atoms in total. The van der Waals surface area contributed by atoms with Gasteiger partial charge < -0.3 is 9.73 Å². The topological polar surface area (TPSA) is 25.2 Å². The van der Waals surface area contributed by atoms with Gasteiger partial charge in [0.2, 0.25) is 0 Å². The van der Waals surface area contributed by atoms with Crippen LogP contribution in [0, 0.1) is 5.92 Å². The molecule has 3 heteroatoms. The van der Waals surface area contributed by atoms with Gasteiger partial charge in [-0.25, -0.2) is 0 Å². The predicted molar refractivity (Wildman–Crippen MR) is 84.2 cm³/mol. The van der Waals surface area contributed by atoms with Gasteiger partial charge in [-0.2, -0.15) is 0 Å². The maximum atomic E-state index is 6.06. The van der Waals surface area contributed by atoms with Crippen LogP contribution in [-0.4, -0.2) is 13.1 Å². The van der Waals surface area contributed by atoms with Crippen molar-refractivity contribution in [3.05, 3.63) is 59.0 Å². The van der Waals surface area contributed by atoms with E-state index in [-0.39, 0.29) is 0 Å². The average molecular weight is 292 g/mol. The molecule has 1 atom stereocenters. The summed E-state index contributed by atoms with van der Waals surface area (Å²) in [7, 11) is 0. The summed E-state index contributed by atoms with van der Waals surface area (Å²) in [5, 5.41) is 4.31. The van der Waals surface area contributed by atoms with Crippen molar-refractivity contribution in [2.24, 2.45) is 5.92 Å². The van der Waals surface area contributed by atoms with E-state index < -0.39 is 0 Å². The smallest absolute Gasteiger partial charge is 0.104 e. The van der Waals surface area contributed by atoms with Crippen LogP contribution >= 0.6 is 11.6 Å². The average Bonchev–Trinajstić information content (AvgIpc) is 2.92. The van der Waals surface area contributed by atoms with Crippen molar-refractivity contribution in [2.75, 3.05) is 13.1 Å². The second-order valence-corrected chi connectivity index (χ2v) is 5.62. The molecule has 0 aliphatic heterocycles. The summed E-state index contributed by atoms with van der Waals surface area (Å²) < 4.78 is 5.48. The van der Waals surface area contributed by atoms with Gasteiger partial charge in [0.15, 0.2) is 0 Å². The first kappa shape index (κ1) is 15.1. The number of hydrogen-bond acceptors (Lipinski definition) is 2. The number of rotatable bonds is 8. The van der Waals surface area contributed by atoms with E-state index in [0.29, 0.717) is 5.92 Å². The van der Waals surface area contributed by atoms with Gasteiger partial charge >= 0.3 is 0 Å². The zero-order chi connectivity index (χ0) is 14.2. The van der Waals surface area contributed by atoms with Gasteiger partial charge in [-0.15, -0.1) is 0 Å². The molecule has 0 spiro atoms. The molecule has 1 aromatic carbocycles. The van der Waals surface area contributed by atoms with Gasteiger partial charge in [-0.3, -0.25) is 0 Å². The highest BCUT2D eigenvalue weighted by molar-refractivity contribution is 6.30. The Morgan fingerprint density at radius 1 is 1.20 bits per heavy atom. The fraction of sp³-hybridized carbons (Fsp3) is 0.412. The monoisotopic (exact) mass is 291 g/mol. The molecule has 1 heterocycles. The largest absolute Gasteiger partial charge is 0.469 e. The molecule has 0 bridgehead atoms. The van der Waals surface area contributed by atoms with Crippen LogP contribution in [0.2, 0.25) is 5.02 Å². The predicted octanol–water partition coefficient (Wildman–Crippen LogP) is 4.33. The maximum Gasteiger partial charge on any atom is 0.104 e. The van der Waals surface area contributed by atoms with Crippen molar-refractivity contribution < 1.29 is 4.42 Å². The van der Waals surface area contributed by atoms with Gasteiger partial charge in [0.1, 0.15) is 5.76 Å². The van der Waals surface area contributed by atoms with E-state index in [1.54, 1.807) is 6.26 Å². The highest BCUT2D eigenvalue weighted by Crippen LogP contribution is 2.17. The second-order valence-electron chi connectivity index (χ2n) is 5.19. The minimum absolute atomic E-state index is 0.520. The number of halogens is 1. The highest BCUT2D eigenvalue weighted by Gasteiger charge is 2.12. The molecule has 20 heavy (non-hydrogen) atoms. The fourth-order valence-electron chi connectivity index (χ4n) is 2.41. The summed E-state index contributed by atoms with van der Waals surface area (Å²) in [6.45, 7) is 4.25. The van der Waals surface area contributed by atoms with E-state index in [1.807, 2.05) is 24.3 Å². The molecule has 1 unspecified atom stereocenters. The van der Waals surface area contributed by atoms with Crippen LogP contribution in [0.15, 0.2) is 47.1 Å². The standard InChI is InChI=1S/C17H22ClNO/c1-2-8-19-13-15(12-17-7-4-9-20-17)10-14-5-3-6-16(18)11-14/h3-7,9,11,15,19H,2,8,10,12-13H2,1H3. The molecule has 2 rings (SSSR count). The van der Waals surface area contributed by atoms with Gasteiger partial charge in [0.05, 0.1) is 6.26 Å². The Kier molecular flexibility index (Phi) is 6.16. The van der Waals surface area contributed by atoms with Crippen molar-refractivity contribution in [2.45, 2.75) is 26.2 Å². The minimum atomic E-state index is 0.520. The van der Waals surface area contributed by atoms with Crippen LogP contribution in [0.1, 0.15) is 24.7 Å². The number of benzene rings is 1. The van der Waals surface area contributed by atoms with Crippen molar-refractivity contribution in [1.29, 1.82) is 0 Å². The number of furan rings is 1. The van der Waals surface area contributed by atoms with E-state index in [9.17, 15) is 0 Å². The lowest BCUT2D eigenvalue weighted by molar-refractivity contribution is 0.415. The Morgan fingerprint density at radius 3 is 2.80 bits per heavy atom. The van der Waals surface area contributed by atoms with E-state index in [4.69, 9.17) is 16.0 Å². The molecule has 0 radical (unpaired) electrons. The van der Waals surface area contributed by atoms with Crippen LogP contribution in [0.25, 0.3) is 0 Å². The van der Waals surface area contributed by atoms with Crippen LogP contribution < -0.4 is 5.32 Å². The molecule has 0 amide bonds. The molecule has 2 aromatic rings. The van der Waals surface area contributed by atoms with E-state index in [1.165, 1.54) is 5.56 Å². The lowest BCUT2D eigenvalue weighted by Gasteiger charge is -2.17. The summed E-state index contributed by atoms with van der Waals surface area (Å²) in [6.07, 6.45) is 4.87. The van der Waals surface area contributed by atoms with Crippen molar-refractivity contribution in [1.82, 2.24) is 5.32 Å². The zero-order valence-corrected chi connectivity index (χ0v) is 12.7. The Hall–Kier alpha value is -1.25. The Balaban J connectivity index is 1.97. The third kappa shape index (κ3) is 5.03.